The standard InChI is InChI=1S/C23H27ClFN3O2/c24-21-2-1-3-22(25)20(21)16-23(29)28-12-6-17(7-13-28)27-14-8-19(9-15-27)30-18-4-10-26-11-5-18/h1-5,10-11,17,19H,6-9,12-16H2. The highest BCUT2D eigenvalue weighted by Gasteiger charge is 2.30. The molecule has 2 aliphatic rings. The van der Waals surface area contributed by atoms with Crippen molar-refractivity contribution in [2.75, 3.05) is 26.2 Å². The number of ether oxygens (including phenoxy) is 1. The molecule has 2 aliphatic heterocycles. The molecule has 3 heterocycles. The molecule has 0 N–H and O–H groups in total. The van der Waals surface area contributed by atoms with E-state index in [-0.39, 0.29) is 18.4 Å². The van der Waals surface area contributed by atoms with Gasteiger partial charge >= 0.3 is 0 Å². The Morgan fingerprint density at radius 3 is 2.43 bits per heavy atom. The molecule has 1 amide bonds. The zero-order chi connectivity index (χ0) is 20.9. The molecule has 0 unspecified atom stereocenters. The first-order chi connectivity index (χ1) is 14.6. The summed E-state index contributed by atoms with van der Waals surface area (Å²) in [5.74, 6) is 0.415. The van der Waals surface area contributed by atoms with Gasteiger partial charge in [-0.15, -0.1) is 0 Å². The number of carbonyl (C=O) groups is 1. The molecule has 160 valence electrons. The fraction of sp³-hybridized carbons (Fsp3) is 0.478. The van der Waals surface area contributed by atoms with Crippen LogP contribution in [0.5, 0.6) is 5.75 Å². The monoisotopic (exact) mass is 431 g/mol. The van der Waals surface area contributed by atoms with E-state index >= 15 is 0 Å². The van der Waals surface area contributed by atoms with Gasteiger partial charge in [-0.1, -0.05) is 17.7 Å². The van der Waals surface area contributed by atoms with Gasteiger partial charge in [-0.05, 0) is 49.9 Å². The van der Waals surface area contributed by atoms with E-state index in [0.29, 0.717) is 29.7 Å². The van der Waals surface area contributed by atoms with Gasteiger partial charge < -0.3 is 9.64 Å². The van der Waals surface area contributed by atoms with Crippen LogP contribution in [0, 0.1) is 5.82 Å². The Morgan fingerprint density at radius 2 is 1.77 bits per heavy atom. The maximum absolute atomic E-state index is 14.0. The summed E-state index contributed by atoms with van der Waals surface area (Å²) < 4.78 is 20.0. The van der Waals surface area contributed by atoms with Crippen LogP contribution in [-0.2, 0) is 11.2 Å². The summed E-state index contributed by atoms with van der Waals surface area (Å²) in [4.78, 5) is 21.0. The minimum atomic E-state index is -0.414. The lowest BCUT2D eigenvalue weighted by atomic mass is 9.98. The van der Waals surface area contributed by atoms with Gasteiger partial charge in [0.05, 0.1) is 6.42 Å². The first kappa shape index (κ1) is 21.1. The molecule has 0 aliphatic carbocycles. The first-order valence-electron chi connectivity index (χ1n) is 10.6. The maximum atomic E-state index is 14.0. The number of aromatic nitrogens is 1. The summed E-state index contributed by atoms with van der Waals surface area (Å²) in [5.41, 5.74) is 0.294. The zero-order valence-corrected chi connectivity index (χ0v) is 17.7. The number of rotatable bonds is 5. The van der Waals surface area contributed by atoms with E-state index in [4.69, 9.17) is 16.3 Å². The molecule has 5 nitrogen and oxygen atoms in total. The van der Waals surface area contributed by atoms with Crippen LogP contribution in [0.1, 0.15) is 31.2 Å². The van der Waals surface area contributed by atoms with Crippen molar-refractivity contribution in [1.82, 2.24) is 14.8 Å². The molecule has 30 heavy (non-hydrogen) atoms. The number of benzene rings is 1. The van der Waals surface area contributed by atoms with E-state index in [0.717, 1.165) is 44.5 Å². The third-order valence-corrected chi connectivity index (χ3v) is 6.51. The smallest absolute Gasteiger partial charge is 0.227 e. The van der Waals surface area contributed by atoms with Gasteiger partial charge in [-0.3, -0.25) is 14.7 Å². The highest BCUT2D eigenvalue weighted by Crippen LogP contribution is 2.25. The van der Waals surface area contributed by atoms with Crippen LogP contribution >= 0.6 is 11.6 Å². The van der Waals surface area contributed by atoms with Gasteiger partial charge in [-0.2, -0.15) is 0 Å². The number of amides is 1. The van der Waals surface area contributed by atoms with Gasteiger partial charge in [0.2, 0.25) is 5.91 Å². The van der Waals surface area contributed by atoms with Crippen molar-refractivity contribution < 1.29 is 13.9 Å². The van der Waals surface area contributed by atoms with E-state index in [1.165, 1.54) is 6.07 Å². The average molecular weight is 432 g/mol. The summed E-state index contributed by atoms with van der Waals surface area (Å²) in [6.07, 6.45) is 7.68. The molecule has 2 fully saturated rings. The highest BCUT2D eigenvalue weighted by atomic mass is 35.5. The molecule has 2 saturated heterocycles. The fourth-order valence-electron chi connectivity index (χ4n) is 4.41. The number of hydrogen-bond acceptors (Lipinski definition) is 4. The molecule has 0 atom stereocenters. The predicted octanol–water partition coefficient (Wildman–Crippen LogP) is 3.95. The van der Waals surface area contributed by atoms with Crippen molar-refractivity contribution >= 4 is 17.5 Å². The Bertz CT molecular complexity index is 831. The highest BCUT2D eigenvalue weighted by molar-refractivity contribution is 6.31. The SMILES string of the molecule is O=C(Cc1c(F)cccc1Cl)N1CCC(N2CCC(Oc3ccncc3)CC2)CC1. The Morgan fingerprint density at radius 1 is 1.07 bits per heavy atom. The first-order valence-corrected chi connectivity index (χ1v) is 11.0. The van der Waals surface area contributed by atoms with E-state index in [2.05, 4.69) is 9.88 Å². The largest absolute Gasteiger partial charge is 0.490 e. The van der Waals surface area contributed by atoms with Crippen LogP contribution in [-0.4, -0.2) is 59.0 Å². The molecule has 0 spiro atoms. The Hall–Kier alpha value is -2.18. The summed E-state index contributed by atoms with van der Waals surface area (Å²) in [6.45, 7) is 3.45. The number of halogens is 2. The van der Waals surface area contributed by atoms with Crippen LogP contribution in [0.2, 0.25) is 5.02 Å². The van der Waals surface area contributed by atoms with Crippen molar-refractivity contribution in [1.29, 1.82) is 0 Å². The molecule has 1 aromatic carbocycles. The third-order valence-electron chi connectivity index (χ3n) is 6.15. The molecule has 0 bridgehead atoms. The number of hydrogen-bond donors (Lipinski definition) is 0. The molecular weight excluding hydrogens is 405 g/mol. The van der Waals surface area contributed by atoms with Crippen LogP contribution in [0.25, 0.3) is 0 Å². The molecule has 7 heteroatoms. The summed E-state index contributed by atoms with van der Waals surface area (Å²) in [7, 11) is 0. The average Bonchev–Trinajstić information content (AvgIpc) is 2.78. The van der Waals surface area contributed by atoms with E-state index in [1.807, 2.05) is 17.0 Å². The number of nitrogens with zero attached hydrogens (tertiary/aromatic N) is 3. The van der Waals surface area contributed by atoms with E-state index in [9.17, 15) is 9.18 Å². The number of piperidine rings is 2. The molecule has 4 rings (SSSR count). The number of pyridine rings is 1. The minimum Gasteiger partial charge on any atom is -0.490 e. The second-order valence-electron chi connectivity index (χ2n) is 8.03. The van der Waals surface area contributed by atoms with Gasteiger partial charge in [0.15, 0.2) is 0 Å². The number of carbonyl (C=O) groups excluding carboxylic acids is 1. The maximum Gasteiger partial charge on any atom is 0.227 e. The molecule has 0 saturated carbocycles. The van der Waals surface area contributed by atoms with Gasteiger partial charge in [0, 0.05) is 55.2 Å². The van der Waals surface area contributed by atoms with Crippen molar-refractivity contribution in [2.24, 2.45) is 0 Å². The van der Waals surface area contributed by atoms with Crippen LogP contribution in [0.15, 0.2) is 42.7 Å². The van der Waals surface area contributed by atoms with Crippen molar-refractivity contribution in [3.8, 4) is 5.75 Å². The normalized spacial score (nSPS) is 19.1. The topological polar surface area (TPSA) is 45.7 Å². The van der Waals surface area contributed by atoms with Gasteiger partial charge in [0.1, 0.15) is 17.7 Å². The minimum absolute atomic E-state index is 0.0217. The molecule has 0 radical (unpaired) electrons. The second-order valence-corrected chi connectivity index (χ2v) is 8.43. The third kappa shape index (κ3) is 5.10. The second kappa shape index (κ2) is 9.75. The number of likely N-dealkylation sites (tertiary alicyclic amines) is 2. The summed E-state index contributed by atoms with van der Waals surface area (Å²) in [5, 5.41) is 0.315. The van der Waals surface area contributed by atoms with E-state index < -0.39 is 5.82 Å². The lowest BCUT2D eigenvalue weighted by Gasteiger charge is -2.41. The Kier molecular flexibility index (Phi) is 6.85. The molecular formula is C23H27ClFN3O2. The van der Waals surface area contributed by atoms with Crippen molar-refractivity contribution in [2.45, 2.75) is 44.2 Å². The van der Waals surface area contributed by atoms with Gasteiger partial charge in [0.25, 0.3) is 0 Å². The Balaban J connectivity index is 1.23. The Labute approximate surface area is 181 Å². The van der Waals surface area contributed by atoms with Crippen molar-refractivity contribution in [3.63, 3.8) is 0 Å². The fourth-order valence-corrected chi connectivity index (χ4v) is 4.64. The lowest BCUT2D eigenvalue weighted by Crippen LogP contribution is -2.50. The van der Waals surface area contributed by atoms with Gasteiger partial charge in [-0.25, -0.2) is 4.39 Å². The lowest BCUT2D eigenvalue weighted by molar-refractivity contribution is -0.132. The van der Waals surface area contributed by atoms with Crippen LogP contribution < -0.4 is 4.74 Å². The zero-order valence-electron chi connectivity index (χ0n) is 17.0. The van der Waals surface area contributed by atoms with Crippen molar-refractivity contribution in [3.05, 3.63) is 59.1 Å². The van der Waals surface area contributed by atoms with E-state index in [1.54, 1.807) is 24.5 Å². The predicted molar refractivity (Wildman–Crippen MR) is 114 cm³/mol. The van der Waals surface area contributed by atoms with Crippen LogP contribution in [0.3, 0.4) is 0 Å². The summed E-state index contributed by atoms with van der Waals surface area (Å²) in [6, 6.07) is 8.82. The van der Waals surface area contributed by atoms with Crippen LogP contribution in [0.4, 0.5) is 4.39 Å². The molecule has 2 aromatic rings. The summed E-state index contributed by atoms with van der Waals surface area (Å²) >= 11 is 6.07. The quantitative estimate of drug-likeness (QED) is 0.719. The molecule has 1 aromatic heterocycles.